The lowest BCUT2D eigenvalue weighted by Crippen LogP contribution is -1.98. The van der Waals surface area contributed by atoms with Crippen molar-refractivity contribution in [1.82, 2.24) is 15.2 Å². The molecule has 1 atom stereocenters. The quantitative estimate of drug-likeness (QED) is 0.895. The van der Waals surface area contributed by atoms with Crippen molar-refractivity contribution in [2.24, 2.45) is 0 Å². The minimum atomic E-state index is 0.0136. The van der Waals surface area contributed by atoms with Gasteiger partial charge in [0.1, 0.15) is 6.10 Å². The third kappa shape index (κ3) is 2.46. The molecule has 106 valence electrons. The van der Waals surface area contributed by atoms with E-state index in [-0.39, 0.29) is 11.9 Å². The van der Waals surface area contributed by atoms with E-state index in [0.717, 1.165) is 30.8 Å². The van der Waals surface area contributed by atoms with Gasteiger partial charge in [0.2, 0.25) is 0 Å². The summed E-state index contributed by atoms with van der Waals surface area (Å²) in [6, 6.07) is 5.09. The zero-order chi connectivity index (χ0) is 13.9. The molecule has 0 bridgehead atoms. The van der Waals surface area contributed by atoms with Crippen molar-refractivity contribution in [3.63, 3.8) is 0 Å². The van der Waals surface area contributed by atoms with E-state index >= 15 is 0 Å². The van der Waals surface area contributed by atoms with Gasteiger partial charge in [-0.05, 0) is 38.0 Å². The number of hydrogen-bond acceptors (Lipinski definition) is 5. The minimum absolute atomic E-state index is 0.0136. The average Bonchev–Trinajstić information content (AvgIpc) is 3.11. The SMILES string of the molecule is CCOc1cc(-c2n[nH]c([C@H]3CCCO3)n2)ccc1O. The van der Waals surface area contributed by atoms with Gasteiger partial charge >= 0.3 is 0 Å². The molecule has 3 rings (SSSR count). The van der Waals surface area contributed by atoms with E-state index in [1.165, 1.54) is 0 Å². The van der Waals surface area contributed by atoms with Crippen LogP contribution in [-0.4, -0.2) is 33.5 Å². The number of aromatic amines is 1. The largest absolute Gasteiger partial charge is 0.504 e. The molecule has 2 heterocycles. The fourth-order valence-corrected chi connectivity index (χ4v) is 2.27. The summed E-state index contributed by atoms with van der Waals surface area (Å²) in [6.07, 6.45) is 2.03. The maximum Gasteiger partial charge on any atom is 0.181 e. The zero-order valence-corrected chi connectivity index (χ0v) is 11.3. The summed E-state index contributed by atoms with van der Waals surface area (Å²) in [5.74, 6) is 1.89. The molecule has 1 aliphatic rings. The fraction of sp³-hybridized carbons (Fsp3) is 0.429. The number of nitrogens with zero attached hydrogens (tertiary/aromatic N) is 2. The third-order valence-electron chi connectivity index (χ3n) is 3.26. The van der Waals surface area contributed by atoms with Crippen LogP contribution in [0.25, 0.3) is 11.4 Å². The van der Waals surface area contributed by atoms with Crippen LogP contribution in [0.15, 0.2) is 18.2 Å². The van der Waals surface area contributed by atoms with E-state index in [1.54, 1.807) is 18.2 Å². The molecule has 2 N–H and O–H groups in total. The van der Waals surface area contributed by atoms with Gasteiger partial charge < -0.3 is 14.6 Å². The molecule has 1 fully saturated rings. The molecule has 20 heavy (non-hydrogen) atoms. The van der Waals surface area contributed by atoms with Crippen LogP contribution in [0, 0.1) is 0 Å². The van der Waals surface area contributed by atoms with Gasteiger partial charge in [-0.3, -0.25) is 5.10 Å². The maximum atomic E-state index is 9.70. The second-order valence-corrected chi connectivity index (χ2v) is 4.66. The number of phenolic OH excluding ortho intramolecular Hbond substituents is 1. The average molecular weight is 275 g/mol. The highest BCUT2D eigenvalue weighted by Crippen LogP contribution is 2.32. The standard InChI is InChI=1S/C14H17N3O3/c1-2-19-12-8-9(5-6-10(12)18)13-15-14(17-16-13)11-4-3-7-20-11/h5-6,8,11,18H,2-4,7H2,1H3,(H,15,16,17)/t11-/m1/s1. The van der Waals surface area contributed by atoms with Gasteiger partial charge in [-0.1, -0.05) is 0 Å². The minimum Gasteiger partial charge on any atom is -0.504 e. The molecule has 1 aromatic heterocycles. The molecule has 0 radical (unpaired) electrons. The summed E-state index contributed by atoms with van der Waals surface area (Å²) in [4.78, 5) is 4.46. The Labute approximate surface area is 116 Å². The lowest BCUT2D eigenvalue weighted by atomic mass is 10.2. The molecular formula is C14H17N3O3. The molecule has 0 spiro atoms. The Hall–Kier alpha value is -2.08. The van der Waals surface area contributed by atoms with Crippen LogP contribution in [0.1, 0.15) is 31.7 Å². The van der Waals surface area contributed by atoms with E-state index < -0.39 is 0 Å². The summed E-state index contributed by atoms with van der Waals surface area (Å²) in [7, 11) is 0. The van der Waals surface area contributed by atoms with Gasteiger partial charge in [0.15, 0.2) is 23.1 Å². The predicted molar refractivity (Wildman–Crippen MR) is 72.6 cm³/mol. The summed E-state index contributed by atoms with van der Waals surface area (Å²) in [5.41, 5.74) is 0.798. The first-order chi connectivity index (χ1) is 9.78. The lowest BCUT2D eigenvalue weighted by Gasteiger charge is -2.06. The van der Waals surface area contributed by atoms with Gasteiger partial charge in [0.25, 0.3) is 0 Å². The van der Waals surface area contributed by atoms with E-state index in [2.05, 4.69) is 15.2 Å². The van der Waals surface area contributed by atoms with Crippen molar-refractivity contribution in [1.29, 1.82) is 0 Å². The molecule has 1 aliphatic heterocycles. The Balaban J connectivity index is 1.87. The number of nitrogens with one attached hydrogen (secondary N) is 1. The number of aromatic hydroxyl groups is 1. The first kappa shape index (κ1) is 12.9. The first-order valence-electron chi connectivity index (χ1n) is 6.78. The predicted octanol–water partition coefficient (Wildman–Crippen LogP) is 2.43. The number of benzene rings is 1. The highest BCUT2D eigenvalue weighted by atomic mass is 16.5. The van der Waals surface area contributed by atoms with Crippen LogP contribution in [0.3, 0.4) is 0 Å². The van der Waals surface area contributed by atoms with Crippen molar-refractivity contribution in [3.8, 4) is 22.9 Å². The van der Waals surface area contributed by atoms with Crippen LogP contribution in [-0.2, 0) is 4.74 Å². The number of hydrogen-bond donors (Lipinski definition) is 2. The first-order valence-corrected chi connectivity index (χ1v) is 6.78. The monoisotopic (exact) mass is 275 g/mol. The fourth-order valence-electron chi connectivity index (χ4n) is 2.27. The summed E-state index contributed by atoms with van der Waals surface area (Å²) >= 11 is 0. The van der Waals surface area contributed by atoms with Crippen molar-refractivity contribution in [2.45, 2.75) is 25.9 Å². The third-order valence-corrected chi connectivity index (χ3v) is 3.26. The molecule has 6 heteroatoms. The molecule has 0 unspecified atom stereocenters. The normalized spacial score (nSPS) is 18.4. The van der Waals surface area contributed by atoms with Crippen LogP contribution in [0.5, 0.6) is 11.5 Å². The Morgan fingerprint density at radius 1 is 1.50 bits per heavy atom. The number of ether oxygens (including phenoxy) is 2. The maximum absolute atomic E-state index is 9.70. The highest BCUT2D eigenvalue weighted by molar-refractivity contribution is 5.60. The van der Waals surface area contributed by atoms with Crippen molar-refractivity contribution < 1.29 is 14.6 Å². The summed E-state index contributed by atoms with van der Waals surface area (Å²) in [5, 5.41) is 16.8. The topological polar surface area (TPSA) is 80.3 Å². The number of rotatable bonds is 4. The molecule has 0 aliphatic carbocycles. The molecule has 1 aromatic carbocycles. The van der Waals surface area contributed by atoms with Crippen molar-refractivity contribution >= 4 is 0 Å². The number of phenols is 1. The van der Waals surface area contributed by atoms with Crippen LogP contribution >= 0.6 is 0 Å². The number of aromatic nitrogens is 3. The zero-order valence-electron chi connectivity index (χ0n) is 11.3. The molecule has 2 aromatic rings. The van der Waals surface area contributed by atoms with E-state index in [9.17, 15) is 5.11 Å². The van der Waals surface area contributed by atoms with E-state index in [1.807, 2.05) is 6.92 Å². The Bertz CT molecular complexity index is 591. The molecule has 0 amide bonds. The highest BCUT2D eigenvalue weighted by Gasteiger charge is 2.21. The van der Waals surface area contributed by atoms with Gasteiger partial charge in [-0.2, -0.15) is 5.10 Å². The van der Waals surface area contributed by atoms with Gasteiger partial charge in [0.05, 0.1) is 6.61 Å². The van der Waals surface area contributed by atoms with Gasteiger partial charge in [-0.25, -0.2) is 4.98 Å². The van der Waals surface area contributed by atoms with E-state index in [0.29, 0.717) is 18.2 Å². The summed E-state index contributed by atoms with van der Waals surface area (Å²) < 4.78 is 10.9. The Morgan fingerprint density at radius 2 is 2.40 bits per heavy atom. The Kier molecular flexibility index (Phi) is 3.56. The molecule has 6 nitrogen and oxygen atoms in total. The molecular weight excluding hydrogens is 258 g/mol. The Morgan fingerprint density at radius 3 is 3.15 bits per heavy atom. The molecule has 1 saturated heterocycles. The van der Waals surface area contributed by atoms with Crippen molar-refractivity contribution in [2.75, 3.05) is 13.2 Å². The lowest BCUT2D eigenvalue weighted by molar-refractivity contribution is 0.105. The summed E-state index contributed by atoms with van der Waals surface area (Å²) in [6.45, 7) is 3.13. The molecule has 0 saturated carbocycles. The second-order valence-electron chi connectivity index (χ2n) is 4.66. The smallest absolute Gasteiger partial charge is 0.181 e. The van der Waals surface area contributed by atoms with Crippen molar-refractivity contribution in [3.05, 3.63) is 24.0 Å². The van der Waals surface area contributed by atoms with E-state index in [4.69, 9.17) is 9.47 Å². The van der Waals surface area contributed by atoms with Crippen LogP contribution < -0.4 is 4.74 Å². The van der Waals surface area contributed by atoms with Gasteiger partial charge in [-0.15, -0.1) is 0 Å². The van der Waals surface area contributed by atoms with Crippen LogP contribution in [0.2, 0.25) is 0 Å². The van der Waals surface area contributed by atoms with Crippen LogP contribution in [0.4, 0.5) is 0 Å². The number of H-pyrrole nitrogens is 1. The van der Waals surface area contributed by atoms with Gasteiger partial charge in [0, 0.05) is 12.2 Å². The second kappa shape index (κ2) is 5.50.